The van der Waals surface area contributed by atoms with Gasteiger partial charge in [0.15, 0.2) is 5.13 Å². The molecule has 0 bridgehead atoms. The highest BCUT2D eigenvalue weighted by Gasteiger charge is 2.24. The Morgan fingerprint density at radius 3 is 2.29 bits per heavy atom. The molecule has 5 rings (SSSR count). The third-order valence-electron chi connectivity index (χ3n) is 5.67. The van der Waals surface area contributed by atoms with Crippen LogP contribution >= 0.6 is 11.3 Å². The number of hydrogen-bond acceptors (Lipinski definition) is 5. The van der Waals surface area contributed by atoms with Gasteiger partial charge in [0.1, 0.15) is 11.3 Å². The number of carbonyl (C=O) groups is 1. The van der Waals surface area contributed by atoms with Crippen LogP contribution in [0.1, 0.15) is 10.4 Å². The highest BCUT2D eigenvalue weighted by molar-refractivity contribution is 7.22. The molecule has 3 aromatic carbocycles. The number of benzene rings is 3. The van der Waals surface area contributed by atoms with Gasteiger partial charge in [0.2, 0.25) is 0 Å². The number of rotatable bonds is 4. The number of hydrogen-bond donors (Lipinski definition) is 0. The number of nitrogens with zero attached hydrogens (tertiary/aromatic N) is 3. The molecule has 5 nitrogen and oxygen atoms in total. The fourth-order valence-corrected chi connectivity index (χ4v) is 4.97. The second-order valence-corrected chi connectivity index (χ2v) is 8.54. The Hall–Kier alpha value is -3.38. The second-order valence-electron chi connectivity index (χ2n) is 7.53. The molecule has 0 unspecified atom stereocenters. The average molecular weight is 430 g/mol. The largest absolute Gasteiger partial charge is 0.494 e. The van der Waals surface area contributed by atoms with Gasteiger partial charge in [-0.1, -0.05) is 59.9 Å². The lowest BCUT2D eigenvalue weighted by Gasteiger charge is -2.34. The van der Waals surface area contributed by atoms with Crippen molar-refractivity contribution in [1.29, 1.82) is 0 Å². The summed E-state index contributed by atoms with van der Waals surface area (Å²) in [7, 11) is 1.67. The van der Waals surface area contributed by atoms with Crippen LogP contribution in [0.25, 0.3) is 21.3 Å². The molecule has 1 aromatic heterocycles. The lowest BCUT2D eigenvalue weighted by molar-refractivity contribution is 0.0747. The Bertz CT molecular complexity index is 1200. The average Bonchev–Trinajstić information content (AvgIpc) is 3.29. The highest BCUT2D eigenvalue weighted by atomic mass is 32.1. The summed E-state index contributed by atoms with van der Waals surface area (Å²) < 4.78 is 6.55. The highest BCUT2D eigenvalue weighted by Crippen LogP contribution is 2.34. The fourth-order valence-electron chi connectivity index (χ4n) is 3.93. The van der Waals surface area contributed by atoms with Gasteiger partial charge in [-0.15, -0.1) is 0 Å². The number of para-hydroxylation sites is 1. The van der Waals surface area contributed by atoms with Crippen LogP contribution in [-0.4, -0.2) is 49.1 Å². The van der Waals surface area contributed by atoms with E-state index in [1.54, 1.807) is 18.4 Å². The maximum absolute atomic E-state index is 13.0. The smallest absolute Gasteiger partial charge is 0.253 e. The minimum absolute atomic E-state index is 0.0882. The van der Waals surface area contributed by atoms with Crippen LogP contribution in [0.2, 0.25) is 0 Å². The van der Waals surface area contributed by atoms with E-state index in [9.17, 15) is 4.79 Å². The Kier molecular flexibility index (Phi) is 5.30. The molecule has 31 heavy (non-hydrogen) atoms. The monoisotopic (exact) mass is 429 g/mol. The van der Waals surface area contributed by atoms with Crippen LogP contribution in [-0.2, 0) is 0 Å². The van der Waals surface area contributed by atoms with Crippen LogP contribution in [0.5, 0.6) is 5.75 Å². The first-order valence-electron chi connectivity index (χ1n) is 10.4. The summed E-state index contributed by atoms with van der Waals surface area (Å²) >= 11 is 1.67. The molecule has 0 aliphatic carbocycles. The van der Waals surface area contributed by atoms with Gasteiger partial charge in [-0.3, -0.25) is 4.79 Å². The molecule has 1 saturated heterocycles. The first-order chi connectivity index (χ1) is 15.2. The van der Waals surface area contributed by atoms with Gasteiger partial charge in [-0.05, 0) is 35.4 Å². The number of ether oxygens (including phenoxy) is 1. The Morgan fingerprint density at radius 1 is 0.871 bits per heavy atom. The van der Waals surface area contributed by atoms with Gasteiger partial charge >= 0.3 is 0 Å². The van der Waals surface area contributed by atoms with Crippen molar-refractivity contribution in [3.8, 4) is 16.9 Å². The molecule has 1 fully saturated rings. The number of methoxy groups -OCH3 is 1. The SMILES string of the molecule is COc1cccc2sc(N3CCN(C(=O)c4ccc(-c5ccccc5)cc4)CC3)nc12. The van der Waals surface area contributed by atoms with Gasteiger partial charge in [-0.2, -0.15) is 0 Å². The fraction of sp³-hybridized carbons (Fsp3) is 0.200. The maximum atomic E-state index is 13.0. The van der Waals surface area contributed by atoms with Crippen molar-refractivity contribution in [3.05, 3.63) is 78.4 Å². The van der Waals surface area contributed by atoms with Gasteiger partial charge in [0.25, 0.3) is 5.91 Å². The van der Waals surface area contributed by atoms with Crippen molar-refractivity contribution >= 4 is 32.6 Å². The summed E-state index contributed by atoms with van der Waals surface area (Å²) in [5.74, 6) is 0.887. The Labute approximate surface area is 185 Å². The molecule has 2 heterocycles. The number of anilines is 1. The number of carbonyl (C=O) groups excluding carboxylic acids is 1. The van der Waals surface area contributed by atoms with Crippen LogP contribution in [0, 0.1) is 0 Å². The summed E-state index contributed by atoms with van der Waals surface area (Å²) in [6.07, 6.45) is 0. The molecular formula is C25H23N3O2S. The van der Waals surface area contributed by atoms with Crippen LogP contribution in [0.15, 0.2) is 72.8 Å². The van der Waals surface area contributed by atoms with Crippen molar-refractivity contribution < 1.29 is 9.53 Å². The first kappa shape index (κ1) is 19.6. The molecular weight excluding hydrogens is 406 g/mol. The van der Waals surface area contributed by atoms with E-state index in [1.807, 2.05) is 59.5 Å². The quantitative estimate of drug-likeness (QED) is 0.461. The van der Waals surface area contributed by atoms with E-state index in [0.717, 1.165) is 50.9 Å². The minimum Gasteiger partial charge on any atom is -0.494 e. The minimum atomic E-state index is 0.0882. The standard InChI is InChI=1S/C25H23N3O2S/c1-30-21-8-5-9-22-23(21)26-25(31-22)28-16-14-27(15-17-28)24(29)20-12-10-19(11-13-20)18-6-3-2-4-7-18/h2-13H,14-17H2,1H3. The van der Waals surface area contributed by atoms with E-state index in [1.165, 1.54) is 0 Å². The summed E-state index contributed by atoms with van der Waals surface area (Å²) in [5.41, 5.74) is 3.91. The van der Waals surface area contributed by atoms with Crippen molar-refractivity contribution in [1.82, 2.24) is 9.88 Å². The zero-order chi connectivity index (χ0) is 21.2. The van der Waals surface area contributed by atoms with E-state index in [0.29, 0.717) is 13.1 Å². The second kappa shape index (κ2) is 8.40. The zero-order valence-electron chi connectivity index (χ0n) is 17.3. The van der Waals surface area contributed by atoms with Crippen molar-refractivity contribution in [2.75, 3.05) is 38.2 Å². The van der Waals surface area contributed by atoms with Crippen LogP contribution < -0.4 is 9.64 Å². The maximum Gasteiger partial charge on any atom is 0.253 e. The van der Waals surface area contributed by atoms with Crippen LogP contribution in [0.4, 0.5) is 5.13 Å². The third kappa shape index (κ3) is 3.86. The molecule has 0 radical (unpaired) electrons. The van der Waals surface area contributed by atoms with Gasteiger partial charge in [0, 0.05) is 31.7 Å². The van der Waals surface area contributed by atoms with E-state index >= 15 is 0 Å². The molecule has 4 aromatic rings. The zero-order valence-corrected chi connectivity index (χ0v) is 18.1. The molecule has 0 saturated carbocycles. The number of thiazole rings is 1. The molecule has 1 aliphatic rings. The van der Waals surface area contributed by atoms with E-state index in [2.05, 4.69) is 23.1 Å². The number of piperazine rings is 1. The molecule has 1 amide bonds. The molecule has 156 valence electrons. The predicted octanol–water partition coefficient (Wildman–Crippen LogP) is 4.93. The van der Waals surface area contributed by atoms with Gasteiger partial charge in [-0.25, -0.2) is 4.98 Å². The molecule has 0 spiro atoms. The lowest BCUT2D eigenvalue weighted by Crippen LogP contribution is -2.48. The number of fused-ring (bicyclic) bond motifs is 1. The molecule has 1 aliphatic heterocycles. The predicted molar refractivity (Wildman–Crippen MR) is 126 cm³/mol. The number of amides is 1. The Balaban J connectivity index is 1.26. The summed E-state index contributed by atoms with van der Waals surface area (Å²) in [6.45, 7) is 2.92. The summed E-state index contributed by atoms with van der Waals surface area (Å²) in [4.78, 5) is 22.0. The van der Waals surface area contributed by atoms with Gasteiger partial charge < -0.3 is 14.5 Å². The molecule has 6 heteroatoms. The van der Waals surface area contributed by atoms with Crippen molar-refractivity contribution in [3.63, 3.8) is 0 Å². The number of aromatic nitrogens is 1. The molecule has 0 N–H and O–H groups in total. The van der Waals surface area contributed by atoms with E-state index in [-0.39, 0.29) is 5.91 Å². The normalized spacial score (nSPS) is 14.1. The van der Waals surface area contributed by atoms with Crippen molar-refractivity contribution in [2.24, 2.45) is 0 Å². The van der Waals surface area contributed by atoms with E-state index in [4.69, 9.17) is 9.72 Å². The topological polar surface area (TPSA) is 45.7 Å². The molecule has 0 atom stereocenters. The lowest BCUT2D eigenvalue weighted by atomic mass is 10.0. The van der Waals surface area contributed by atoms with Crippen LogP contribution in [0.3, 0.4) is 0 Å². The van der Waals surface area contributed by atoms with E-state index < -0.39 is 0 Å². The first-order valence-corrected chi connectivity index (χ1v) is 11.2. The van der Waals surface area contributed by atoms with Crippen molar-refractivity contribution in [2.45, 2.75) is 0 Å². The summed E-state index contributed by atoms with van der Waals surface area (Å²) in [5, 5.41) is 0.985. The Morgan fingerprint density at radius 2 is 1.58 bits per heavy atom. The third-order valence-corrected chi connectivity index (χ3v) is 6.75. The summed E-state index contributed by atoms with van der Waals surface area (Å²) in [6, 6.07) is 24.1. The van der Waals surface area contributed by atoms with Gasteiger partial charge in [0.05, 0.1) is 11.8 Å².